The normalized spacial score (nSPS) is 26.3. The fraction of sp³-hybridized carbons (Fsp3) is 0.533. The molecule has 1 saturated heterocycles. The average molecular weight is 434 g/mol. The van der Waals surface area contributed by atoms with E-state index in [1.54, 1.807) is 0 Å². The second kappa shape index (κ2) is 5.72. The molecule has 0 bridgehead atoms. The van der Waals surface area contributed by atoms with E-state index in [9.17, 15) is 4.79 Å². The lowest BCUT2D eigenvalue weighted by Crippen LogP contribution is -2.46. The number of nitrogens with zero attached hydrogens (tertiary/aromatic N) is 1. The number of carbonyl (C=O) groups excluding carboxylic acids is 1. The van der Waals surface area contributed by atoms with Gasteiger partial charge in [-0.1, -0.05) is 6.42 Å². The zero-order valence-corrected chi connectivity index (χ0v) is 14.5. The number of carbonyl (C=O) groups is 1. The summed E-state index contributed by atoms with van der Waals surface area (Å²) in [6, 6.07) is 6.48. The van der Waals surface area contributed by atoms with Gasteiger partial charge < -0.3 is 4.90 Å². The standard InChI is InChI=1S/C15H17BrINO/c16-13-7-6-11(17)9-12(13)15(19)18-8-2-4-10-3-1-5-14(10)18/h6-7,9-10,14H,1-5,8H2. The molecule has 4 heteroatoms. The largest absolute Gasteiger partial charge is 0.335 e. The van der Waals surface area contributed by atoms with Crippen molar-refractivity contribution in [3.05, 3.63) is 31.8 Å². The first kappa shape index (κ1) is 13.9. The first-order chi connectivity index (χ1) is 9.16. The van der Waals surface area contributed by atoms with Crippen LogP contribution in [0.5, 0.6) is 0 Å². The lowest BCUT2D eigenvalue weighted by molar-refractivity contribution is 0.0547. The lowest BCUT2D eigenvalue weighted by atomic mass is 9.91. The third-order valence-corrected chi connectivity index (χ3v) is 5.78. The van der Waals surface area contributed by atoms with Crippen molar-refractivity contribution in [3.8, 4) is 0 Å². The Hall–Kier alpha value is -0.100. The minimum atomic E-state index is 0.210. The zero-order chi connectivity index (χ0) is 13.4. The van der Waals surface area contributed by atoms with Gasteiger partial charge in [-0.2, -0.15) is 0 Å². The number of piperidine rings is 1. The number of hydrogen-bond acceptors (Lipinski definition) is 1. The third-order valence-electron chi connectivity index (χ3n) is 4.41. The minimum absolute atomic E-state index is 0.210. The van der Waals surface area contributed by atoms with Crippen LogP contribution in [0.25, 0.3) is 0 Å². The fourth-order valence-electron chi connectivity index (χ4n) is 3.52. The van der Waals surface area contributed by atoms with Crippen LogP contribution in [0.3, 0.4) is 0 Å². The summed E-state index contributed by atoms with van der Waals surface area (Å²) in [5, 5.41) is 0. The van der Waals surface area contributed by atoms with Gasteiger partial charge in [0.25, 0.3) is 5.91 Å². The molecule has 0 radical (unpaired) electrons. The maximum Gasteiger partial charge on any atom is 0.255 e. The minimum Gasteiger partial charge on any atom is -0.335 e. The van der Waals surface area contributed by atoms with Crippen LogP contribution in [0.15, 0.2) is 22.7 Å². The van der Waals surface area contributed by atoms with Crippen LogP contribution in [0.1, 0.15) is 42.5 Å². The summed E-state index contributed by atoms with van der Waals surface area (Å²) >= 11 is 5.79. The van der Waals surface area contributed by atoms with Crippen molar-refractivity contribution in [2.75, 3.05) is 6.54 Å². The fourth-order valence-corrected chi connectivity index (χ4v) is 4.43. The molecule has 2 fully saturated rings. The van der Waals surface area contributed by atoms with E-state index < -0.39 is 0 Å². The first-order valence-corrected chi connectivity index (χ1v) is 8.80. The third kappa shape index (κ3) is 2.71. The Labute approximate surface area is 136 Å². The van der Waals surface area contributed by atoms with Crippen LogP contribution in [-0.4, -0.2) is 23.4 Å². The van der Waals surface area contributed by atoms with Gasteiger partial charge in [-0.25, -0.2) is 0 Å². The van der Waals surface area contributed by atoms with Crippen LogP contribution in [-0.2, 0) is 0 Å². The van der Waals surface area contributed by atoms with Gasteiger partial charge in [0, 0.05) is 20.6 Å². The summed E-state index contributed by atoms with van der Waals surface area (Å²) in [4.78, 5) is 14.9. The Kier molecular flexibility index (Phi) is 4.17. The molecular formula is C15H17BrINO. The maximum absolute atomic E-state index is 12.8. The predicted molar refractivity (Wildman–Crippen MR) is 88.3 cm³/mol. The Morgan fingerprint density at radius 3 is 2.89 bits per heavy atom. The monoisotopic (exact) mass is 433 g/mol. The summed E-state index contributed by atoms with van der Waals surface area (Å²) < 4.78 is 2.03. The van der Waals surface area contributed by atoms with E-state index in [0.717, 1.165) is 32.5 Å². The number of benzene rings is 1. The maximum atomic E-state index is 12.8. The molecule has 1 aliphatic heterocycles. The SMILES string of the molecule is O=C(c1cc(I)ccc1Br)N1CCCC2CCCC21. The molecule has 1 aromatic carbocycles. The van der Waals surface area contributed by atoms with Gasteiger partial charge in [0.15, 0.2) is 0 Å². The molecule has 0 N–H and O–H groups in total. The van der Waals surface area contributed by atoms with Crippen LogP contribution >= 0.6 is 38.5 Å². The molecule has 2 unspecified atom stereocenters. The van der Waals surface area contributed by atoms with Crippen molar-refractivity contribution in [2.24, 2.45) is 5.92 Å². The number of rotatable bonds is 1. The average Bonchev–Trinajstić information content (AvgIpc) is 2.89. The number of amides is 1. The second-order valence-corrected chi connectivity index (χ2v) is 7.62. The van der Waals surface area contributed by atoms with Crippen LogP contribution in [0.2, 0.25) is 0 Å². The van der Waals surface area contributed by atoms with Crippen molar-refractivity contribution >= 4 is 44.4 Å². The highest BCUT2D eigenvalue weighted by Crippen LogP contribution is 2.38. The Bertz CT molecular complexity index is 505. The topological polar surface area (TPSA) is 20.3 Å². The number of halogens is 2. The highest BCUT2D eigenvalue weighted by atomic mass is 127. The van der Waals surface area contributed by atoms with Gasteiger partial charge in [0.1, 0.15) is 0 Å². The Balaban J connectivity index is 1.88. The van der Waals surface area contributed by atoms with Crippen molar-refractivity contribution < 1.29 is 4.79 Å². The van der Waals surface area contributed by atoms with Crippen molar-refractivity contribution in [1.29, 1.82) is 0 Å². The molecule has 2 atom stereocenters. The Morgan fingerprint density at radius 1 is 1.26 bits per heavy atom. The number of likely N-dealkylation sites (tertiary alicyclic amines) is 1. The van der Waals surface area contributed by atoms with Gasteiger partial charge in [-0.3, -0.25) is 4.79 Å². The van der Waals surface area contributed by atoms with Crippen molar-refractivity contribution in [3.63, 3.8) is 0 Å². The van der Waals surface area contributed by atoms with Crippen molar-refractivity contribution in [1.82, 2.24) is 4.90 Å². The number of fused-ring (bicyclic) bond motifs is 1. The van der Waals surface area contributed by atoms with E-state index in [2.05, 4.69) is 43.4 Å². The smallest absolute Gasteiger partial charge is 0.255 e. The zero-order valence-electron chi connectivity index (χ0n) is 10.7. The molecule has 0 spiro atoms. The molecule has 1 saturated carbocycles. The van der Waals surface area contributed by atoms with Crippen LogP contribution in [0, 0.1) is 9.49 Å². The lowest BCUT2D eigenvalue weighted by Gasteiger charge is -2.38. The Morgan fingerprint density at radius 2 is 2.05 bits per heavy atom. The van der Waals surface area contributed by atoms with E-state index in [-0.39, 0.29) is 5.91 Å². The number of hydrogen-bond donors (Lipinski definition) is 0. The predicted octanol–water partition coefficient (Wildman–Crippen LogP) is 4.46. The van der Waals surface area contributed by atoms with Gasteiger partial charge >= 0.3 is 0 Å². The molecule has 19 heavy (non-hydrogen) atoms. The van der Waals surface area contributed by atoms with E-state index in [1.165, 1.54) is 25.7 Å². The van der Waals surface area contributed by atoms with Gasteiger partial charge in [0.05, 0.1) is 5.56 Å². The van der Waals surface area contributed by atoms with Crippen molar-refractivity contribution in [2.45, 2.75) is 38.1 Å². The van der Waals surface area contributed by atoms with Crippen LogP contribution < -0.4 is 0 Å². The molecular weight excluding hydrogens is 417 g/mol. The highest BCUT2D eigenvalue weighted by Gasteiger charge is 2.37. The summed E-state index contributed by atoms with van der Waals surface area (Å²) in [5.41, 5.74) is 0.819. The summed E-state index contributed by atoms with van der Waals surface area (Å²) in [6.07, 6.45) is 6.25. The molecule has 3 rings (SSSR count). The molecule has 1 amide bonds. The van der Waals surface area contributed by atoms with E-state index in [1.807, 2.05) is 18.2 Å². The highest BCUT2D eigenvalue weighted by molar-refractivity contribution is 14.1. The second-order valence-electron chi connectivity index (χ2n) is 5.52. The quantitative estimate of drug-likeness (QED) is 0.599. The van der Waals surface area contributed by atoms with E-state index in [4.69, 9.17) is 0 Å². The van der Waals surface area contributed by atoms with Gasteiger partial charge in [-0.05, 0) is 88.3 Å². The van der Waals surface area contributed by atoms with E-state index in [0.29, 0.717) is 6.04 Å². The van der Waals surface area contributed by atoms with Gasteiger partial charge in [-0.15, -0.1) is 0 Å². The van der Waals surface area contributed by atoms with Gasteiger partial charge in [0.2, 0.25) is 0 Å². The van der Waals surface area contributed by atoms with Crippen LogP contribution in [0.4, 0.5) is 0 Å². The van der Waals surface area contributed by atoms with E-state index >= 15 is 0 Å². The molecule has 1 heterocycles. The summed E-state index contributed by atoms with van der Waals surface area (Å²) in [5.74, 6) is 0.959. The molecule has 1 aromatic rings. The molecule has 102 valence electrons. The molecule has 1 aliphatic carbocycles. The molecule has 2 nitrogen and oxygen atoms in total. The molecule has 0 aromatic heterocycles. The first-order valence-electron chi connectivity index (χ1n) is 6.93. The molecule has 2 aliphatic rings. The summed E-state index contributed by atoms with van der Waals surface area (Å²) in [6.45, 7) is 0.928. The summed E-state index contributed by atoms with van der Waals surface area (Å²) in [7, 11) is 0.